The molecule has 5 heteroatoms. The minimum absolute atomic E-state index is 0.393. The van der Waals surface area contributed by atoms with E-state index in [1.54, 1.807) is 18.2 Å². The van der Waals surface area contributed by atoms with E-state index in [1.165, 1.54) is 0 Å². The summed E-state index contributed by atoms with van der Waals surface area (Å²) in [5.41, 5.74) is 9.18. The standard InChI is InChI=1S/C14H12Cl2N2S/c1-8-6-10(3-4-11(8)14(17)19)18-13-7-9(15)2-5-12(13)16/h2-7,18H,1H3,(H2,17,19). The lowest BCUT2D eigenvalue weighted by Crippen LogP contribution is -2.11. The molecule has 2 aromatic rings. The normalized spacial score (nSPS) is 10.3. The van der Waals surface area contributed by atoms with Gasteiger partial charge in [0.15, 0.2) is 0 Å². The van der Waals surface area contributed by atoms with E-state index < -0.39 is 0 Å². The first kappa shape index (κ1) is 14.1. The van der Waals surface area contributed by atoms with E-state index >= 15 is 0 Å². The Balaban J connectivity index is 2.31. The number of rotatable bonds is 3. The lowest BCUT2D eigenvalue weighted by Gasteiger charge is -2.11. The van der Waals surface area contributed by atoms with Crippen LogP contribution in [0.4, 0.5) is 11.4 Å². The van der Waals surface area contributed by atoms with Crippen LogP contribution in [0.5, 0.6) is 0 Å². The van der Waals surface area contributed by atoms with Crippen molar-refractivity contribution in [3.05, 3.63) is 57.6 Å². The number of nitrogens with one attached hydrogen (secondary N) is 1. The second kappa shape index (κ2) is 5.78. The van der Waals surface area contributed by atoms with Crippen LogP contribution in [-0.4, -0.2) is 4.99 Å². The largest absolute Gasteiger partial charge is 0.389 e. The third-order valence-corrected chi connectivity index (χ3v) is 3.48. The monoisotopic (exact) mass is 310 g/mol. The summed E-state index contributed by atoms with van der Waals surface area (Å²) in [5.74, 6) is 0. The topological polar surface area (TPSA) is 38.0 Å². The highest BCUT2D eigenvalue weighted by Crippen LogP contribution is 2.29. The fourth-order valence-electron chi connectivity index (χ4n) is 1.77. The Kier molecular flexibility index (Phi) is 4.30. The molecule has 0 unspecified atom stereocenters. The molecule has 0 aliphatic carbocycles. The van der Waals surface area contributed by atoms with Gasteiger partial charge in [0.25, 0.3) is 0 Å². The first-order valence-electron chi connectivity index (χ1n) is 5.60. The maximum Gasteiger partial charge on any atom is 0.104 e. The van der Waals surface area contributed by atoms with Crippen LogP contribution >= 0.6 is 35.4 Å². The van der Waals surface area contributed by atoms with Crippen LogP contribution in [0, 0.1) is 6.92 Å². The van der Waals surface area contributed by atoms with Crippen molar-refractivity contribution in [3.63, 3.8) is 0 Å². The zero-order valence-electron chi connectivity index (χ0n) is 10.2. The molecule has 0 aliphatic heterocycles. The van der Waals surface area contributed by atoms with Crippen molar-refractivity contribution in [3.8, 4) is 0 Å². The van der Waals surface area contributed by atoms with Gasteiger partial charge in [0.05, 0.1) is 10.7 Å². The highest BCUT2D eigenvalue weighted by atomic mass is 35.5. The smallest absolute Gasteiger partial charge is 0.104 e. The van der Waals surface area contributed by atoms with E-state index in [4.69, 9.17) is 41.2 Å². The summed E-state index contributed by atoms with van der Waals surface area (Å²) in [6.07, 6.45) is 0. The summed E-state index contributed by atoms with van der Waals surface area (Å²) >= 11 is 17.0. The summed E-state index contributed by atoms with van der Waals surface area (Å²) in [5, 5.41) is 4.46. The molecular weight excluding hydrogens is 299 g/mol. The Morgan fingerprint density at radius 2 is 1.89 bits per heavy atom. The van der Waals surface area contributed by atoms with Crippen molar-refractivity contribution in [2.45, 2.75) is 6.92 Å². The summed E-state index contributed by atoms with van der Waals surface area (Å²) in [4.78, 5) is 0.393. The van der Waals surface area contributed by atoms with Crippen molar-refractivity contribution in [1.29, 1.82) is 0 Å². The predicted octanol–water partition coefficient (Wildman–Crippen LogP) is 4.68. The van der Waals surface area contributed by atoms with E-state index in [1.807, 2.05) is 25.1 Å². The van der Waals surface area contributed by atoms with Gasteiger partial charge in [-0.1, -0.05) is 35.4 Å². The molecule has 0 bridgehead atoms. The minimum Gasteiger partial charge on any atom is -0.389 e. The molecular formula is C14H12Cl2N2S. The summed E-state index contributed by atoms with van der Waals surface area (Å²) in [6.45, 7) is 1.96. The number of halogens is 2. The van der Waals surface area contributed by atoms with Gasteiger partial charge in [-0.15, -0.1) is 0 Å². The fraction of sp³-hybridized carbons (Fsp3) is 0.0714. The Hall–Kier alpha value is -1.29. The third-order valence-electron chi connectivity index (χ3n) is 2.70. The van der Waals surface area contributed by atoms with Crippen molar-refractivity contribution in [2.24, 2.45) is 5.73 Å². The highest BCUT2D eigenvalue weighted by molar-refractivity contribution is 7.80. The molecule has 19 heavy (non-hydrogen) atoms. The average Bonchev–Trinajstić information content (AvgIpc) is 2.33. The van der Waals surface area contributed by atoms with Gasteiger partial charge in [-0.3, -0.25) is 0 Å². The zero-order valence-corrected chi connectivity index (χ0v) is 12.5. The van der Waals surface area contributed by atoms with Crippen LogP contribution in [0.15, 0.2) is 36.4 Å². The molecule has 2 aromatic carbocycles. The van der Waals surface area contributed by atoms with Crippen molar-refractivity contribution >= 4 is 51.8 Å². The lowest BCUT2D eigenvalue weighted by atomic mass is 10.1. The van der Waals surface area contributed by atoms with Gasteiger partial charge >= 0.3 is 0 Å². The van der Waals surface area contributed by atoms with E-state index in [0.29, 0.717) is 15.0 Å². The van der Waals surface area contributed by atoms with Crippen molar-refractivity contribution in [1.82, 2.24) is 0 Å². The van der Waals surface area contributed by atoms with Gasteiger partial charge in [-0.25, -0.2) is 0 Å². The molecule has 0 fully saturated rings. The SMILES string of the molecule is Cc1cc(Nc2cc(Cl)ccc2Cl)ccc1C(N)=S. The number of hydrogen-bond donors (Lipinski definition) is 2. The second-order valence-corrected chi connectivity index (χ2v) is 5.43. The van der Waals surface area contributed by atoms with Crippen LogP contribution in [0.25, 0.3) is 0 Å². The minimum atomic E-state index is 0.393. The Bertz CT molecular complexity index is 641. The van der Waals surface area contributed by atoms with Crippen LogP contribution in [0.1, 0.15) is 11.1 Å². The van der Waals surface area contributed by atoms with Gasteiger partial charge < -0.3 is 11.1 Å². The van der Waals surface area contributed by atoms with E-state index in [-0.39, 0.29) is 0 Å². The quantitative estimate of drug-likeness (QED) is 0.808. The fourth-order valence-corrected chi connectivity index (χ4v) is 2.33. The van der Waals surface area contributed by atoms with Crippen molar-refractivity contribution in [2.75, 3.05) is 5.32 Å². The first-order chi connectivity index (χ1) is 8.97. The molecule has 3 N–H and O–H groups in total. The summed E-state index contributed by atoms with van der Waals surface area (Å²) < 4.78 is 0. The van der Waals surface area contributed by atoms with Crippen LogP contribution in [-0.2, 0) is 0 Å². The Morgan fingerprint density at radius 3 is 2.53 bits per heavy atom. The molecule has 0 heterocycles. The van der Waals surface area contributed by atoms with E-state index in [2.05, 4.69) is 5.32 Å². The second-order valence-electron chi connectivity index (χ2n) is 4.14. The molecule has 0 saturated heterocycles. The van der Waals surface area contributed by atoms with Crippen LogP contribution in [0.3, 0.4) is 0 Å². The molecule has 0 radical (unpaired) electrons. The number of benzene rings is 2. The molecule has 0 aromatic heterocycles. The number of anilines is 2. The van der Waals surface area contributed by atoms with E-state index in [0.717, 1.165) is 22.5 Å². The third kappa shape index (κ3) is 3.38. The van der Waals surface area contributed by atoms with Gasteiger partial charge in [-0.05, 0) is 48.9 Å². The van der Waals surface area contributed by atoms with Crippen LogP contribution < -0.4 is 11.1 Å². The Morgan fingerprint density at radius 1 is 1.16 bits per heavy atom. The van der Waals surface area contributed by atoms with Gasteiger partial charge in [-0.2, -0.15) is 0 Å². The molecule has 2 rings (SSSR count). The number of hydrogen-bond acceptors (Lipinski definition) is 2. The number of nitrogens with two attached hydrogens (primary N) is 1. The molecule has 0 amide bonds. The molecule has 0 atom stereocenters. The number of thiocarbonyl (C=S) groups is 1. The van der Waals surface area contributed by atoms with E-state index in [9.17, 15) is 0 Å². The maximum atomic E-state index is 6.11. The Labute approximate surface area is 127 Å². The lowest BCUT2D eigenvalue weighted by molar-refractivity contribution is 1.42. The zero-order chi connectivity index (χ0) is 14.0. The average molecular weight is 311 g/mol. The maximum absolute atomic E-state index is 6.11. The van der Waals surface area contributed by atoms with Gasteiger partial charge in [0, 0.05) is 16.3 Å². The predicted molar refractivity (Wildman–Crippen MR) is 86.8 cm³/mol. The van der Waals surface area contributed by atoms with Crippen molar-refractivity contribution < 1.29 is 0 Å². The number of aryl methyl sites for hydroxylation is 1. The summed E-state index contributed by atoms with van der Waals surface area (Å²) in [6, 6.07) is 11.0. The molecule has 0 aliphatic rings. The van der Waals surface area contributed by atoms with Crippen LogP contribution in [0.2, 0.25) is 10.0 Å². The van der Waals surface area contributed by atoms with Gasteiger partial charge in [0.1, 0.15) is 4.99 Å². The molecule has 0 spiro atoms. The molecule has 98 valence electrons. The highest BCUT2D eigenvalue weighted by Gasteiger charge is 2.05. The molecule has 2 nitrogen and oxygen atoms in total. The van der Waals surface area contributed by atoms with Gasteiger partial charge in [0.2, 0.25) is 0 Å². The molecule has 0 saturated carbocycles. The summed E-state index contributed by atoms with van der Waals surface area (Å²) in [7, 11) is 0. The first-order valence-corrected chi connectivity index (χ1v) is 6.76.